The number of benzene rings is 1. The maximum Gasteiger partial charge on any atom is 0.268 e. The standard InChI is InChI=1S/C15H23N3O3/c1-15(20)6-8-18(9-7-15)10-11-21-13-5-3-2-4-12(13)14(19)17-16/h2-5,20H,6-11,16H2,1H3,(H,17,19). The fraction of sp³-hybridized carbons (Fsp3) is 0.533. The molecule has 2 rings (SSSR count). The molecule has 1 amide bonds. The molecule has 1 aromatic carbocycles. The minimum atomic E-state index is -0.539. The smallest absolute Gasteiger partial charge is 0.268 e. The molecule has 116 valence electrons. The molecule has 1 fully saturated rings. The first-order chi connectivity index (χ1) is 10.0. The molecule has 1 aromatic rings. The molecule has 0 saturated carbocycles. The van der Waals surface area contributed by atoms with Gasteiger partial charge in [0.1, 0.15) is 12.4 Å². The normalized spacial score (nSPS) is 18.2. The average Bonchev–Trinajstić information content (AvgIpc) is 2.48. The van der Waals surface area contributed by atoms with Crippen molar-refractivity contribution in [2.45, 2.75) is 25.4 Å². The van der Waals surface area contributed by atoms with Gasteiger partial charge in [0, 0.05) is 19.6 Å². The first kappa shape index (κ1) is 15.8. The van der Waals surface area contributed by atoms with Crippen molar-refractivity contribution in [3.05, 3.63) is 29.8 Å². The van der Waals surface area contributed by atoms with Gasteiger partial charge in [0.15, 0.2) is 0 Å². The molecular weight excluding hydrogens is 270 g/mol. The van der Waals surface area contributed by atoms with Crippen LogP contribution in [0.4, 0.5) is 0 Å². The third kappa shape index (κ3) is 4.42. The quantitative estimate of drug-likeness (QED) is 0.418. The number of hydrogen-bond acceptors (Lipinski definition) is 5. The fourth-order valence-electron chi connectivity index (χ4n) is 2.40. The second-order valence-corrected chi connectivity index (χ2v) is 5.66. The highest BCUT2D eigenvalue weighted by Gasteiger charge is 2.26. The van der Waals surface area contributed by atoms with E-state index in [1.165, 1.54) is 0 Å². The second-order valence-electron chi connectivity index (χ2n) is 5.66. The summed E-state index contributed by atoms with van der Waals surface area (Å²) in [4.78, 5) is 13.9. The van der Waals surface area contributed by atoms with Crippen LogP contribution in [-0.2, 0) is 0 Å². The Bertz CT molecular complexity index is 481. The summed E-state index contributed by atoms with van der Waals surface area (Å²) in [5, 5.41) is 9.91. The zero-order valence-electron chi connectivity index (χ0n) is 12.3. The summed E-state index contributed by atoms with van der Waals surface area (Å²) in [6.45, 7) is 4.87. The largest absolute Gasteiger partial charge is 0.491 e. The molecule has 1 aliphatic rings. The molecular formula is C15H23N3O3. The Morgan fingerprint density at radius 3 is 2.76 bits per heavy atom. The van der Waals surface area contributed by atoms with E-state index in [4.69, 9.17) is 10.6 Å². The van der Waals surface area contributed by atoms with E-state index in [9.17, 15) is 9.90 Å². The van der Waals surface area contributed by atoms with Gasteiger partial charge in [0.25, 0.3) is 5.91 Å². The molecule has 0 bridgehead atoms. The number of nitrogen functional groups attached to an aromatic ring is 1. The SMILES string of the molecule is CC1(O)CCN(CCOc2ccccc2C(=O)NN)CC1. The Morgan fingerprint density at radius 2 is 2.10 bits per heavy atom. The number of carbonyl (C=O) groups is 1. The van der Waals surface area contributed by atoms with Gasteiger partial charge in [-0.15, -0.1) is 0 Å². The minimum Gasteiger partial charge on any atom is -0.491 e. The molecule has 0 unspecified atom stereocenters. The molecule has 1 saturated heterocycles. The minimum absolute atomic E-state index is 0.361. The Morgan fingerprint density at radius 1 is 1.43 bits per heavy atom. The molecule has 0 aliphatic carbocycles. The Balaban J connectivity index is 1.83. The summed E-state index contributed by atoms with van der Waals surface area (Å²) >= 11 is 0. The predicted octanol–water partition coefficient (Wildman–Crippen LogP) is 0.516. The zero-order valence-corrected chi connectivity index (χ0v) is 12.3. The van der Waals surface area contributed by atoms with Crippen LogP contribution in [0, 0.1) is 0 Å². The van der Waals surface area contributed by atoms with Gasteiger partial charge >= 0.3 is 0 Å². The lowest BCUT2D eigenvalue weighted by Crippen LogP contribution is -2.43. The van der Waals surface area contributed by atoms with E-state index >= 15 is 0 Å². The van der Waals surface area contributed by atoms with Crippen LogP contribution in [0.1, 0.15) is 30.1 Å². The van der Waals surface area contributed by atoms with Crippen molar-refractivity contribution in [3.63, 3.8) is 0 Å². The molecule has 0 spiro atoms. The van der Waals surface area contributed by atoms with Crippen molar-refractivity contribution >= 4 is 5.91 Å². The van der Waals surface area contributed by atoms with Gasteiger partial charge in [-0.3, -0.25) is 15.1 Å². The van der Waals surface area contributed by atoms with Crippen molar-refractivity contribution in [2.75, 3.05) is 26.2 Å². The lowest BCUT2D eigenvalue weighted by molar-refractivity contribution is -0.00771. The monoisotopic (exact) mass is 293 g/mol. The predicted molar refractivity (Wildman–Crippen MR) is 79.9 cm³/mol. The number of hydrogen-bond donors (Lipinski definition) is 3. The molecule has 1 heterocycles. The highest BCUT2D eigenvalue weighted by molar-refractivity contribution is 5.96. The third-order valence-electron chi connectivity index (χ3n) is 3.86. The number of aliphatic hydroxyl groups is 1. The van der Waals surface area contributed by atoms with E-state index < -0.39 is 5.60 Å². The van der Waals surface area contributed by atoms with Crippen LogP contribution in [-0.4, -0.2) is 47.8 Å². The fourth-order valence-corrected chi connectivity index (χ4v) is 2.40. The summed E-state index contributed by atoms with van der Waals surface area (Å²) in [6.07, 6.45) is 1.55. The number of likely N-dealkylation sites (tertiary alicyclic amines) is 1. The van der Waals surface area contributed by atoms with Gasteiger partial charge in [-0.1, -0.05) is 12.1 Å². The van der Waals surface area contributed by atoms with Gasteiger partial charge in [-0.05, 0) is 31.9 Å². The summed E-state index contributed by atoms with van der Waals surface area (Å²) in [6, 6.07) is 7.02. The average molecular weight is 293 g/mol. The number of carbonyl (C=O) groups excluding carboxylic acids is 1. The third-order valence-corrected chi connectivity index (χ3v) is 3.86. The molecule has 0 aromatic heterocycles. The molecule has 1 aliphatic heterocycles. The highest BCUT2D eigenvalue weighted by atomic mass is 16.5. The Kier molecular flexibility index (Phi) is 5.17. The van der Waals surface area contributed by atoms with Gasteiger partial charge in [0.05, 0.1) is 11.2 Å². The van der Waals surface area contributed by atoms with Gasteiger partial charge < -0.3 is 9.84 Å². The number of ether oxygens (including phenoxy) is 1. The van der Waals surface area contributed by atoms with Crippen molar-refractivity contribution in [2.24, 2.45) is 5.84 Å². The van der Waals surface area contributed by atoms with Gasteiger partial charge in [-0.25, -0.2) is 5.84 Å². The van der Waals surface area contributed by atoms with Crippen LogP contribution >= 0.6 is 0 Å². The summed E-state index contributed by atoms with van der Waals surface area (Å²) in [5.41, 5.74) is 2.01. The van der Waals surface area contributed by atoms with E-state index in [-0.39, 0.29) is 5.91 Å². The summed E-state index contributed by atoms with van der Waals surface area (Å²) in [7, 11) is 0. The van der Waals surface area contributed by atoms with Crippen molar-refractivity contribution in [1.82, 2.24) is 10.3 Å². The summed E-state index contributed by atoms with van der Waals surface area (Å²) in [5.74, 6) is 5.33. The maximum atomic E-state index is 11.6. The number of nitrogens with two attached hydrogens (primary N) is 1. The van der Waals surface area contributed by atoms with E-state index in [2.05, 4.69) is 10.3 Å². The molecule has 6 heteroatoms. The van der Waals surface area contributed by atoms with E-state index in [0.29, 0.717) is 17.9 Å². The maximum absolute atomic E-state index is 11.6. The highest BCUT2D eigenvalue weighted by Crippen LogP contribution is 2.21. The van der Waals surface area contributed by atoms with Crippen molar-refractivity contribution in [3.8, 4) is 5.75 Å². The van der Waals surface area contributed by atoms with Crippen LogP contribution < -0.4 is 16.0 Å². The zero-order chi connectivity index (χ0) is 15.3. The number of para-hydroxylation sites is 1. The second kappa shape index (κ2) is 6.89. The van der Waals surface area contributed by atoms with Crippen LogP contribution in [0.15, 0.2) is 24.3 Å². The Labute approximate surface area is 124 Å². The lowest BCUT2D eigenvalue weighted by atomic mass is 9.94. The Hall–Kier alpha value is -1.63. The number of hydrazine groups is 1. The molecule has 4 N–H and O–H groups in total. The van der Waals surface area contributed by atoms with Gasteiger partial charge in [0.2, 0.25) is 0 Å². The van der Waals surface area contributed by atoms with E-state index in [1.807, 2.05) is 13.0 Å². The number of amides is 1. The number of nitrogens with zero attached hydrogens (tertiary/aromatic N) is 1. The van der Waals surface area contributed by atoms with Crippen LogP contribution in [0.3, 0.4) is 0 Å². The van der Waals surface area contributed by atoms with Crippen LogP contribution in [0.25, 0.3) is 0 Å². The number of nitrogens with one attached hydrogen (secondary N) is 1. The molecule has 0 radical (unpaired) electrons. The topological polar surface area (TPSA) is 87.8 Å². The van der Waals surface area contributed by atoms with E-state index in [1.54, 1.807) is 18.2 Å². The lowest BCUT2D eigenvalue weighted by Gasteiger charge is -2.35. The van der Waals surface area contributed by atoms with Crippen LogP contribution in [0.5, 0.6) is 5.75 Å². The summed E-state index contributed by atoms with van der Waals surface area (Å²) < 4.78 is 5.69. The molecule has 0 atom stereocenters. The molecule has 21 heavy (non-hydrogen) atoms. The van der Waals surface area contributed by atoms with Crippen molar-refractivity contribution < 1.29 is 14.6 Å². The van der Waals surface area contributed by atoms with Gasteiger partial charge in [-0.2, -0.15) is 0 Å². The van der Waals surface area contributed by atoms with Crippen LogP contribution in [0.2, 0.25) is 0 Å². The number of piperidine rings is 1. The van der Waals surface area contributed by atoms with Crippen molar-refractivity contribution in [1.29, 1.82) is 0 Å². The number of rotatable bonds is 5. The first-order valence-corrected chi connectivity index (χ1v) is 7.19. The first-order valence-electron chi connectivity index (χ1n) is 7.19. The molecule has 6 nitrogen and oxygen atoms in total. The van der Waals surface area contributed by atoms with E-state index in [0.717, 1.165) is 32.5 Å².